The van der Waals surface area contributed by atoms with Crippen molar-refractivity contribution in [1.29, 1.82) is 0 Å². The molecule has 2 atom stereocenters. The van der Waals surface area contributed by atoms with Gasteiger partial charge >= 0.3 is 0 Å². The fourth-order valence-corrected chi connectivity index (χ4v) is 3.30. The molecule has 2 heterocycles. The quantitative estimate of drug-likeness (QED) is 0.816. The Labute approximate surface area is 145 Å². The van der Waals surface area contributed by atoms with Gasteiger partial charge < -0.3 is 15.5 Å². The summed E-state index contributed by atoms with van der Waals surface area (Å²) in [6, 6.07) is 13.4. The Morgan fingerprint density at radius 2 is 2.12 bits per heavy atom. The summed E-state index contributed by atoms with van der Waals surface area (Å²) >= 11 is 0. The molecule has 24 heavy (non-hydrogen) atoms. The highest BCUT2D eigenvalue weighted by Crippen LogP contribution is 2.18. The first kappa shape index (κ1) is 17.0. The Balaban J connectivity index is 1.47. The molecule has 0 amide bonds. The van der Waals surface area contributed by atoms with Crippen molar-refractivity contribution >= 4 is 5.82 Å². The Morgan fingerprint density at radius 1 is 1.33 bits per heavy atom. The van der Waals surface area contributed by atoms with Crippen LogP contribution in [-0.2, 0) is 13.0 Å². The molecule has 1 aliphatic heterocycles. The zero-order valence-corrected chi connectivity index (χ0v) is 15.0. The number of rotatable bonds is 7. The van der Waals surface area contributed by atoms with Crippen LogP contribution in [0.2, 0.25) is 0 Å². The van der Waals surface area contributed by atoms with E-state index in [2.05, 4.69) is 75.8 Å². The highest BCUT2D eigenvalue weighted by molar-refractivity contribution is 5.38. The second-order valence-corrected chi connectivity index (χ2v) is 7.07. The van der Waals surface area contributed by atoms with Crippen LogP contribution < -0.4 is 10.6 Å². The third-order valence-electron chi connectivity index (χ3n) is 4.76. The number of aryl methyl sites for hydroxylation is 1. The standard InChI is InChI=1S/C19H29N5/c1-15-9-19-21-12-17(14-24(19)22-15)11-20-13-18(23(2)3)10-16-7-5-4-6-8-16/h4-9,17-18,20-21H,10-14H2,1-3H3/t17-,18-/m1/s1. The van der Waals surface area contributed by atoms with Crippen molar-refractivity contribution in [1.82, 2.24) is 20.0 Å². The second kappa shape index (κ2) is 7.81. The minimum Gasteiger partial charge on any atom is -0.370 e. The van der Waals surface area contributed by atoms with Gasteiger partial charge in [-0.2, -0.15) is 5.10 Å². The van der Waals surface area contributed by atoms with E-state index in [1.807, 2.05) is 6.92 Å². The van der Waals surface area contributed by atoms with Crippen molar-refractivity contribution in [3.05, 3.63) is 47.7 Å². The monoisotopic (exact) mass is 327 g/mol. The van der Waals surface area contributed by atoms with Crippen LogP contribution in [0.3, 0.4) is 0 Å². The molecule has 0 unspecified atom stereocenters. The number of hydrogen-bond donors (Lipinski definition) is 2. The number of likely N-dealkylation sites (N-methyl/N-ethyl adjacent to an activating group) is 1. The van der Waals surface area contributed by atoms with Gasteiger partial charge in [-0.3, -0.25) is 0 Å². The Morgan fingerprint density at radius 3 is 2.88 bits per heavy atom. The first-order valence-electron chi connectivity index (χ1n) is 8.81. The summed E-state index contributed by atoms with van der Waals surface area (Å²) in [5, 5.41) is 11.7. The number of aromatic nitrogens is 2. The predicted octanol–water partition coefficient (Wildman–Crippen LogP) is 2.00. The van der Waals surface area contributed by atoms with Crippen LogP contribution in [0.25, 0.3) is 0 Å². The highest BCUT2D eigenvalue weighted by atomic mass is 15.3. The average molecular weight is 327 g/mol. The maximum absolute atomic E-state index is 4.55. The van der Waals surface area contributed by atoms with E-state index < -0.39 is 0 Å². The van der Waals surface area contributed by atoms with Crippen LogP contribution in [0, 0.1) is 12.8 Å². The zero-order chi connectivity index (χ0) is 16.9. The number of nitrogens with one attached hydrogen (secondary N) is 2. The van der Waals surface area contributed by atoms with Gasteiger partial charge in [-0.1, -0.05) is 30.3 Å². The van der Waals surface area contributed by atoms with E-state index in [0.29, 0.717) is 12.0 Å². The topological polar surface area (TPSA) is 45.1 Å². The van der Waals surface area contributed by atoms with Crippen molar-refractivity contribution in [3.63, 3.8) is 0 Å². The minimum absolute atomic E-state index is 0.506. The molecule has 0 aliphatic carbocycles. The first-order valence-corrected chi connectivity index (χ1v) is 8.81. The molecular formula is C19H29N5. The van der Waals surface area contributed by atoms with Crippen molar-refractivity contribution in [2.24, 2.45) is 5.92 Å². The van der Waals surface area contributed by atoms with E-state index in [4.69, 9.17) is 0 Å². The molecule has 0 fully saturated rings. The third-order valence-corrected chi connectivity index (χ3v) is 4.76. The van der Waals surface area contributed by atoms with Crippen LogP contribution in [0.15, 0.2) is 36.4 Å². The SMILES string of the molecule is Cc1cc2n(n1)C[C@H](CNC[C@@H](Cc1ccccc1)N(C)C)CN2. The lowest BCUT2D eigenvalue weighted by atomic mass is 10.0. The smallest absolute Gasteiger partial charge is 0.124 e. The van der Waals surface area contributed by atoms with Gasteiger partial charge in [0.2, 0.25) is 0 Å². The van der Waals surface area contributed by atoms with E-state index in [1.54, 1.807) is 0 Å². The summed E-state index contributed by atoms with van der Waals surface area (Å²) in [5.74, 6) is 1.73. The van der Waals surface area contributed by atoms with Crippen molar-refractivity contribution in [2.75, 3.05) is 39.0 Å². The number of benzene rings is 1. The van der Waals surface area contributed by atoms with Crippen molar-refractivity contribution in [2.45, 2.75) is 25.9 Å². The molecule has 0 bridgehead atoms. The third kappa shape index (κ3) is 4.36. The van der Waals surface area contributed by atoms with Gasteiger partial charge in [0.05, 0.1) is 5.69 Å². The molecule has 0 spiro atoms. The lowest BCUT2D eigenvalue weighted by molar-refractivity contribution is 0.273. The Bertz CT molecular complexity index is 634. The Kier molecular flexibility index (Phi) is 5.53. The maximum atomic E-state index is 4.55. The van der Waals surface area contributed by atoms with Crippen LogP contribution in [-0.4, -0.2) is 54.5 Å². The lowest BCUT2D eigenvalue weighted by Gasteiger charge is -2.28. The molecule has 1 aromatic heterocycles. The van der Waals surface area contributed by atoms with E-state index >= 15 is 0 Å². The van der Waals surface area contributed by atoms with Crippen LogP contribution in [0.5, 0.6) is 0 Å². The van der Waals surface area contributed by atoms with Gasteiger partial charge in [0.15, 0.2) is 0 Å². The van der Waals surface area contributed by atoms with E-state index in [9.17, 15) is 0 Å². The van der Waals surface area contributed by atoms with Crippen molar-refractivity contribution in [3.8, 4) is 0 Å². The van der Waals surface area contributed by atoms with Gasteiger partial charge in [0, 0.05) is 44.2 Å². The molecule has 1 aromatic carbocycles. The fraction of sp³-hybridized carbons (Fsp3) is 0.526. The second-order valence-electron chi connectivity index (χ2n) is 7.07. The molecule has 0 radical (unpaired) electrons. The van der Waals surface area contributed by atoms with Crippen LogP contribution in [0.1, 0.15) is 11.3 Å². The minimum atomic E-state index is 0.506. The summed E-state index contributed by atoms with van der Waals surface area (Å²) in [7, 11) is 4.33. The average Bonchev–Trinajstić information content (AvgIpc) is 2.94. The van der Waals surface area contributed by atoms with Gasteiger partial charge in [-0.25, -0.2) is 4.68 Å². The van der Waals surface area contributed by atoms with Crippen LogP contribution in [0.4, 0.5) is 5.82 Å². The number of fused-ring (bicyclic) bond motifs is 1. The molecule has 0 saturated heterocycles. The molecule has 0 saturated carbocycles. The molecule has 2 N–H and O–H groups in total. The van der Waals surface area contributed by atoms with E-state index in [0.717, 1.165) is 44.1 Å². The first-order chi connectivity index (χ1) is 11.6. The van der Waals surface area contributed by atoms with Gasteiger partial charge in [0.25, 0.3) is 0 Å². The van der Waals surface area contributed by atoms with E-state index in [-0.39, 0.29) is 0 Å². The molecule has 5 heteroatoms. The molecule has 130 valence electrons. The summed E-state index contributed by atoms with van der Waals surface area (Å²) < 4.78 is 2.10. The lowest BCUT2D eigenvalue weighted by Crippen LogP contribution is -2.43. The predicted molar refractivity (Wildman–Crippen MR) is 99.4 cm³/mol. The van der Waals surface area contributed by atoms with Crippen molar-refractivity contribution < 1.29 is 0 Å². The Hall–Kier alpha value is -1.85. The van der Waals surface area contributed by atoms with Crippen LogP contribution >= 0.6 is 0 Å². The molecular weight excluding hydrogens is 298 g/mol. The number of hydrogen-bond acceptors (Lipinski definition) is 4. The molecule has 2 aromatic rings. The molecule has 1 aliphatic rings. The molecule has 5 nitrogen and oxygen atoms in total. The normalized spacial score (nSPS) is 18.2. The summed E-state index contributed by atoms with van der Waals surface area (Å²) in [6.07, 6.45) is 1.08. The maximum Gasteiger partial charge on any atom is 0.124 e. The van der Waals surface area contributed by atoms with Gasteiger partial charge in [0.1, 0.15) is 5.82 Å². The summed E-state index contributed by atoms with van der Waals surface area (Å²) in [6.45, 7) is 6.08. The highest BCUT2D eigenvalue weighted by Gasteiger charge is 2.19. The number of nitrogens with zero attached hydrogens (tertiary/aromatic N) is 3. The molecule has 3 rings (SSSR count). The van der Waals surface area contributed by atoms with Gasteiger partial charge in [-0.15, -0.1) is 0 Å². The summed E-state index contributed by atoms with van der Waals surface area (Å²) in [4.78, 5) is 2.31. The fourth-order valence-electron chi connectivity index (χ4n) is 3.30. The largest absolute Gasteiger partial charge is 0.370 e. The number of anilines is 1. The summed E-state index contributed by atoms with van der Waals surface area (Å²) in [5.41, 5.74) is 2.48. The van der Waals surface area contributed by atoms with E-state index in [1.165, 1.54) is 5.56 Å². The zero-order valence-electron chi connectivity index (χ0n) is 15.0. The van der Waals surface area contributed by atoms with Gasteiger partial charge in [-0.05, 0) is 33.0 Å².